The van der Waals surface area contributed by atoms with Crippen LogP contribution in [0.4, 0.5) is 0 Å². The van der Waals surface area contributed by atoms with Gasteiger partial charge in [0, 0.05) is 12.8 Å². The highest BCUT2D eigenvalue weighted by Gasteiger charge is 2.40. The lowest BCUT2D eigenvalue weighted by Gasteiger charge is -2.39. The highest BCUT2D eigenvalue weighted by molar-refractivity contribution is 5.76. The molecule has 1 heterocycles. The Labute approximate surface area is 126 Å². The number of nitriles is 1. The molecule has 0 aromatic heterocycles. The fourth-order valence-corrected chi connectivity index (χ4v) is 2.46. The summed E-state index contributed by atoms with van der Waals surface area (Å²) >= 11 is 0. The van der Waals surface area contributed by atoms with Crippen molar-refractivity contribution in [1.82, 2.24) is 5.32 Å². The molecule has 112 valence electrons. The lowest BCUT2D eigenvalue weighted by molar-refractivity contribution is -0.174. The lowest BCUT2D eigenvalue weighted by Crippen LogP contribution is -2.45. The summed E-state index contributed by atoms with van der Waals surface area (Å²) in [7, 11) is 0. The van der Waals surface area contributed by atoms with Crippen LogP contribution in [0.25, 0.3) is 0 Å². The van der Waals surface area contributed by atoms with Crippen molar-refractivity contribution < 1.29 is 9.53 Å². The molecule has 1 aliphatic heterocycles. The number of hydrogen-bond acceptors (Lipinski definition) is 4. The number of carbonyl (C=O) groups excluding carboxylic acids is 1. The maximum atomic E-state index is 12.3. The Morgan fingerprint density at radius 1 is 1.24 bits per heavy atom. The quantitative estimate of drug-likeness (QED) is 0.849. The van der Waals surface area contributed by atoms with Gasteiger partial charge >= 0.3 is 5.97 Å². The first-order chi connectivity index (χ1) is 9.87. The van der Waals surface area contributed by atoms with E-state index in [0.29, 0.717) is 5.56 Å². The van der Waals surface area contributed by atoms with Crippen molar-refractivity contribution in [3.8, 4) is 6.07 Å². The summed E-state index contributed by atoms with van der Waals surface area (Å²) in [5.74, 6) is -0.186. The molecule has 1 saturated heterocycles. The molecule has 2 rings (SSSR count). The summed E-state index contributed by atoms with van der Waals surface area (Å²) in [5, 5.41) is 12.2. The second-order valence-electron chi connectivity index (χ2n) is 6.57. The number of nitrogens with zero attached hydrogens (tertiary/aromatic N) is 1. The molecule has 1 aromatic carbocycles. The van der Waals surface area contributed by atoms with Crippen molar-refractivity contribution in [3.05, 3.63) is 35.4 Å². The number of nitrogens with one attached hydrogen (secondary N) is 1. The maximum absolute atomic E-state index is 12.3. The van der Waals surface area contributed by atoms with Crippen molar-refractivity contribution in [1.29, 1.82) is 5.26 Å². The molecule has 0 aliphatic carbocycles. The van der Waals surface area contributed by atoms with Crippen LogP contribution < -0.4 is 5.32 Å². The molecule has 1 fully saturated rings. The second-order valence-corrected chi connectivity index (χ2v) is 6.57. The zero-order valence-corrected chi connectivity index (χ0v) is 12.9. The third kappa shape index (κ3) is 3.43. The van der Waals surface area contributed by atoms with E-state index in [1.807, 2.05) is 32.9 Å². The lowest BCUT2D eigenvalue weighted by atomic mass is 9.83. The molecule has 0 atom stereocenters. The molecule has 1 aromatic rings. The fraction of sp³-hybridized carbons (Fsp3) is 0.529. The third-order valence-electron chi connectivity index (χ3n) is 3.85. The van der Waals surface area contributed by atoms with Crippen LogP contribution >= 0.6 is 0 Å². The summed E-state index contributed by atoms with van der Waals surface area (Å²) in [4.78, 5) is 12.3. The summed E-state index contributed by atoms with van der Waals surface area (Å²) in [6, 6.07) is 9.48. The van der Waals surface area contributed by atoms with Crippen molar-refractivity contribution in [2.45, 2.75) is 39.2 Å². The SMILES string of the molecule is CC(C)(C)C(=O)OC1(c2ccc(C#N)cc2)CCNCC1. The first-order valence-electron chi connectivity index (χ1n) is 7.32. The molecule has 0 radical (unpaired) electrons. The van der Waals surface area contributed by atoms with Crippen molar-refractivity contribution in [2.75, 3.05) is 13.1 Å². The molecule has 0 spiro atoms. The molecule has 21 heavy (non-hydrogen) atoms. The van der Waals surface area contributed by atoms with Crippen molar-refractivity contribution >= 4 is 5.97 Å². The Balaban J connectivity index is 2.32. The summed E-state index contributed by atoms with van der Waals surface area (Å²) < 4.78 is 5.94. The van der Waals surface area contributed by atoms with Gasteiger partial charge in [0.25, 0.3) is 0 Å². The topological polar surface area (TPSA) is 62.1 Å². The second kappa shape index (κ2) is 5.87. The monoisotopic (exact) mass is 286 g/mol. The van der Waals surface area contributed by atoms with Gasteiger partial charge in [0.1, 0.15) is 5.60 Å². The highest BCUT2D eigenvalue weighted by atomic mass is 16.6. The normalized spacial score (nSPS) is 17.8. The Hall–Kier alpha value is -1.86. The first kappa shape index (κ1) is 15.5. The van der Waals surface area contributed by atoms with Gasteiger partial charge < -0.3 is 10.1 Å². The largest absolute Gasteiger partial charge is 0.454 e. The van der Waals surface area contributed by atoms with E-state index in [-0.39, 0.29) is 5.97 Å². The zero-order chi connectivity index (χ0) is 15.5. The highest BCUT2D eigenvalue weighted by Crippen LogP contribution is 2.37. The van der Waals surface area contributed by atoms with E-state index in [1.165, 1.54) is 0 Å². The number of ether oxygens (including phenoxy) is 1. The van der Waals surface area contributed by atoms with E-state index in [0.717, 1.165) is 31.5 Å². The number of benzene rings is 1. The minimum absolute atomic E-state index is 0.186. The minimum Gasteiger partial charge on any atom is -0.454 e. The molecule has 4 heteroatoms. The Bertz CT molecular complexity index is 544. The standard InChI is InChI=1S/C17H22N2O2/c1-16(2,3)15(20)21-17(8-10-19-11-9-17)14-6-4-13(12-18)5-7-14/h4-7,19H,8-11H2,1-3H3. The van der Waals surface area contributed by atoms with Gasteiger partial charge in [-0.25, -0.2) is 0 Å². The predicted molar refractivity (Wildman–Crippen MR) is 80.5 cm³/mol. The minimum atomic E-state index is -0.580. The van der Waals surface area contributed by atoms with Crippen LogP contribution in [0, 0.1) is 16.7 Å². The number of esters is 1. The fourth-order valence-electron chi connectivity index (χ4n) is 2.46. The van der Waals surface area contributed by atoms with Gasteiger partial charge in [-0.1, -0.05) is 12.1 Å². The zero-order valence-electron chi connectivity index (χ0n) is 12.9. The molecule has 0 amide bonds. The van der Waals surface area contributed by atoms with Gasteiger partial charge in [-0.05, 0) is 51.6 Å². The van der Waals surface area contributed by atoms with Gasteiger partial charge in [-0.15, -0.1) is 0 Å². The molecule has 0 saturated carbocycles. The summed E-state index contributed by atoms with van der Waals surface area (Å²) in [6.45, 7) is 7.23. The van der Waals surface area contributed by atoms with E-state index >= 15 is 0 Å². The Morgan fingerprint density at radius 3 is 2.29 bits per heavy atom. The molecule has 0 unspecified atom stereocenters. The van der Waals surface area contributed by atoms with Gasteiger partial charge in [0.15, 0.2) is 0 Å². The first-order valence-corrected chi connectivity index (χ1v) is 7.32. The number of hydrogen-bond donors (Lipinski definition) is 1. The average molecular weight is 286 g/mol. The van der Waals surface area contributed by atoms with Crippen molar-refractivity contribution in [2.24, 2.45) is 5.41 Å². The molecule has 1 N–H and O–H groups in total. The van der Waals surface area contributed by atoms with Gasteiger partial charge in [0.2, 0.25) is 0 Å². The predicted octanol–water partition coefficient (Wildman–Crippen LogP) is 2.73. The van der Waals surface area contributed by atoms with Crippen LogP contribution in [0.1, 0.15) is 44.7 Å². The molecule has 4 nitrogen and oxygen atoms in total. The Kier molecular flexibility index (Phi) is 4.34. The van der Waals surface area contributed by atoms with Crippen LogP contribution in [-0.4, -0.2) is 19.1 Å². The number of piperidine rings is 1. The van der Waals surface area contributed by atoms with E-state index in [1.54, 1.807) is 12.1 Å². The van der Waals surface area contributed by atoms with E-state index in [4.69, 9.17) is 10.00 Å². The van der Waals surface area contributed by atoms with Gasteiger partial charge in [0.05, 0.1) is 17.0 Å². The van der Waals surface area contributed by atoms with E-state index in [2.05, 4.69) is 11.4 Å². The number of rotatable bonds is 2. The average Bonchev–Trinajstić information content (AvgIpc) is 2.47. The van der Waals surface area contributed by atoms with Crippen LogP contribution in [0.15, 0.2) is 24.3 Å². The van der Waals surface area contributed by atoms with Crippen LogP contribution in [0.3, 0.4) is 0 Å². The Morgan fingerprint density at radius 2 is 1.81 bits per heavy atom. The van der Waals surface area contributed by atoms with Crippen molar-refractivity contribution in [3.63, 3.8) is 0 Å². The maximum Gasteiger partial charge on any atom is 0.312 e. The smallest absolute Gasteiger partial charge is 0.312 e. The number of carbonyl (C=O) groups is 1. The summed E-state index contributed by atoms with van der Waals surface area (Å²) in [6.07, 6.45) is 1.50. The molecular weight excluding hydrogens is 264 g/mol. The van der Waals surface area contributed by atoms with Crippen LogP contribution in [-0.2, 0) is 15.1 Å². The molecule has 1 aliphatic rings. The van der Waals surface area contributed by atoms with Gasteiger partial charge in [-0.2, -0.15) is 5.26 Å². The third-order valence-corrected chi connectivity index (χ3v) is 3.85. The van der Waals surface area contributed by atoms with Gasteiger partial charge in [-0.3, -0.25) is 4.79 Å². The van der Waals surface area contributed by atoms with Crippen LogP contribution in [0.5, 0.6) is 0 Å². The summed E-state index contributed by atoms with van der Waals surface area (Å²) in [5.41, 5.74) is 0.485. The molecule has 0 bridgehead atoms. The van der Waals surface area contributed by atoms with E-state index < -0.39 is 11.0 Å². The van der Waals surface area contributed by atoms with Crippen LogP contribution in [0.2, 0.25) is 0 Å². The van der Waals surface area contributed by atoms with E-state index in [9.17, 15) is 4.79 Å². The molecular formula is C17H22N2O2.